The van der Waals surface area contributed by atoms with Crippen LogP contribution in [0.25, 0.3) is 0 Å². The minimum atomic E-state index is 0.479. The molecule has 90 valence electrons. The molecule has 1 N–H and O–H groups in total. The van der Waals surface area contributed by atoms with Crippen LogP contribution < -0.4 is 5.32 Å². The van der Waals surface area contributed by atoms with Crippen LogP contribution >= 0.6 is 11.3 Å². The second-order valence-corrected chi connectivity index (χ2v) is 5.17. The van der Waals surface area contributed by atoms with Crippen LogP contribution in [0.1, 0.15) is 23.9 Å². The van der Waals surface area contributed by atoms with Gasteiger partial charge >= 0.3 is 0 Å². The zero-order valence-electron chi connectivity index (χ0n) is 10.3. The van der Waals surface area contributed by atoms with Crippen molar-refractivity contribution in [1.29, 1.82) is 0 Å². The van der Waals surface area contributed by atoms with Crippen molar-refractivity contribution in [3.05, 3.63) is 52.0 Å². The highest BCUT2D eigenvalue weighted by Gasteiger charge is 2.04. The van der Waals surface area contributed by atoms with Gasteiger partial charge in [-0.15, -0.1) is 0 Å². The smallest absolute Gasteiger partial charge is 0.0544 e. The van der Waals surface area contributed by atoms with E-state index in [1.807, 2.05) is 13.0 Å². The summed E-state index contributed by atoms with van der Waals surface area (Å²) >= 11 is 1.76. The largest absolute Gasteiger partial charge is 0.308 e. The molecule has 1 atom stereocenters. The number of hydrogen-bond acceptors (Lipinski definition) is 3. The fourth-order valence-electron chi connectivity index (χ4n) is 1.81. The lowest BCUT2D eigenvalue weighted by Crippen LogP contribution is -2.27. The normalized spacial score (nSPS) is 12.6. The van der Waals surface area contributed by atoms with Crippen molar-refractivity contribution in [3.63, 3.8) is 0 Å². The third-order valence-electron chi connectivity index (χ3n) is 2.70. The molecular formula is C14H18N2S. The quantitative estimate of drug-likeness (QED) is 0.876. The van der Waals surface area contributed by atoms with Crippen molar-refractivity contribution in [1.82, 2.24) is 10.3 Å². The summed E-state index contributed by atoms with van der Waals surface area (Å²) in [4.78, 5) is 4.48. The summed E-state index contributed by atoms with van der Waals surface area (Å²) in [6.07, 6.45) is 1.08. The Morgan fingerprint density at radius 2 is 2.24 bits per heavy atom. The monoisotopic (exact) mass is 246 g/mol. The van der Waals surface area contributed by atoms with Crippen LogP contribution in [0, 0.1) is 6.92 Å². The number of nitrogens with zero attached hydrogens (tertiary/aromatic N) is 1. The first-order chi connectivity index (χ1) is 8.24. The molecule has 0 aromatic carbocycles. The van der Waals surface area contributed by atoms with Crippen molar-refractivity contribution >= 4 is 11.3 Å². The standard InChI is InChI=1S/C14H18N2S/c1-11-4-3-5-14(16-11)9-15-12(2)8-13-6-7-17-10-13/h3-7,10,12,15H,8-9H2,1-2H3. The Morgan fingerprint density at radius 3 is 2.94 bits per heavy atom. The predicted molar refractivity (Wildman–Crippen MR) is 73.3 cm³/mol. The van der Waals surface area contributed by atoms with Gasteiger partial charge in [0.2, 0.25) is 0 Å². The number of rotatable bonds is 5. The van der Waals surface area contributed by atoms with Crippen molar-refractivity contribution in [2.24, 2.45) is 0 Å². The Balaban J connectivity index is 1.82. The molecule has 0 spiro atoms. The number of aryl methyl sites for hydroxylation is 1. The topological polar surface area (TPSA) is 24.9 Å². The maximum absolute atomic E-state index is 4.48. The molecule has 2 aromatic heterocycles. The number of hydrogen-bond donors (Lipinski definition) is 1. The van der Waals surface area contributed by atoms with E-state index in [0.717, 1.165) is 24.4 Å². The van der Waals surface area contributed by atoms with Gasteiger partial charge in [-0.25, -0.2) is 0 Å². The lowest BCUT2D eigenvalue weighted by Gasteiger charge is -2.12. The minimum absolute atomic E-state index is 0.479. The molecule has 1 unspecified atom stereocenters. The van der Waals surface area contributed by atoms with Crippen molar-refractivity contribution in [2.45, 2.75) is 32.9 Å². The number of thiophene rings is 1. The average molecular weight is 246 g/mol. The summed E-state index contributed by atoms with van der Waals surface area (Å²) in [5.74, 6) is 0. The van der Waals surface area contributed by atoms with Crippen LogP contribution in [0.4, 0.5) is 0 Å². The first-order valence-corrected chi connectivity index (χ1v) is 6.85. The van der Waals surface area contributed by atoms with Gasteiger partial charge in [0.25, 0.3) is 0 Å². The van der Waals surface area contributed by atoms with Crippen LogP contribution in [-0.4, -0.2) is 11.0 Å². The molecule has 0 bridgehead atoms. The van der Waals surface area contributed by atoms with Gasteiger partial charge in [0.15, 0.2) is 0 Å². The number of nitrogens with one attached hydrogen (secondary N) is 1. The van der Waals surface area contributed by atoms with Crippen LogP contribution in [0.3, 0.4) is 0 Å². The second-order valence-electron chi connectivity index (χ2n) is 4.39. The van der Waals surface area contributed by atoms with Gasteiger partial charge in [-0.05, 0) is 54.8 Å². The van der Waals surface area contributed by atoms with Gasteiger partial charge in [0.1, 0.15) is 0 Å². The summed E-state index contributed by atoms with van der Waals surface area (Å²) < 4.78 is 0. The highest BCUT2D eigenvalue weighted by Crippen LogP contribution is 2.08. The predicted octanol–water partition coefficient (Wildman–Crippen LogP) is 3.17. The van der Waals surface area contributed by atoms with Gasteiger partial charge in [-0.3, -0.25) is 4.98 Å². The third kappa shape index (κ3) is 3.95. The van der Waals surface area contributed by atoms with Crippen LogP contribution in [0.15, 0.2) is 35.0 Å². The zero-order chi connectivity index (χ0) is 12.1. The summed E-state index contributed by atoms with van der Waals surface area (Å²) in [6.45, 7) is 5.08. The molecule has 0 fully saturated rings. The molecule has 0 aliphatic rings. The van der Waals surface area contributed by atoms with Gasteiger partial charge < -0.3 is 5.32 Å². The molecule has 0 saturated heterocycles. The summed E-state index contributed by atoms with van der Waals surface area (Å²) in [5, 5.41) is 7.85. The molecule has 2 rings (SSSR count). The molecule has 0 aliphatic heterocycles. The van der Waals surface area contributed by atoms with Crippen molar-refractivity contribution < 1.29 is 0 Å². The minimum Gasteiger partial charge on any atom is -0.308 e. The van der Waals surface area contributed by atoms with Gasteiger partial charge in [-0.2, -0.15) is 11.3 Å². The molecule has 3 heteroatoms. The van der Waals surface area contributed by atoms with Crippen molar-refractivity contribution in [2.75, 3.05) is 0 Å². The molecule has 2 nitrogen and oxygen atoms in total. The van der Waals surface area contributed by atoms with Crippen LogP contribution in [-0.2, 0) is 13.0 Å². The highest BCUT2D eigenvalue weighted by atomic mass is 32.1. The molecule has 2 heterocycles. The maximum Gasteiger partial charge on any atom is 0.0544 e. The van der Waals surface area contributed by atoms with E-state index in [-0.39, 0.29) is 0 Å². The second kappa shape index (κ2) is 5.94. The summed E-state index contributed by atoms with van der Waals surface area (Å²) in [5.41, 5.74) is 3.60. The van der Waals surface area contributed by atoms with Crippen LogP contribution in [0.2, 0.25) is 0 Å². The van der Waals surface area contributed by atoms with Gasteiger partial charge in [0, 0.05) is 18.3 Å². The van der Waals surface area contributed by atoms with Crippen LogP contribution in [0.5, 0.6) is 0 Å². The van der Waals surface area contributed by atoms with E-state index in [9.17, 15) is 0 Å². The van der Waals surface area contributed by atoms with E-state index in [0.29, 0.717) is 6.04 Å². The Hall–Kier alpha value is -1.19. The van der Waals surface area contributed by atoms with Gasteiger partial charge in [0.05, 0.1) is 5.69 Å². The van der Waals surface area contributed by atoms with E-state index in [1.165, 1.54) is 5.56 Å². The van der Waals surface area contributed by atoms with Crippen molar-refractivity contribution in [3.8, 4) is 0 Å². The lowest BCUT2D eigenvalue weighted by atomic mass is 10.1. The molecule has 2 aromatic rings. The highest BCUT2D eigenvalue weighted by molar-refractivity contribution is 7.07. The lowest BCUT2D eigenvalue weighted by molar-refractivity contribution is 0.540. The zero-order valence-corrected chi connectivity index (χ0v) is 11.1. The first kappa shape index (κ1) is 12.3. The van der Waals surface area contributed by atoms with E-state index < -0.39 is 0 Å². The number of aromatic nitrogens is 1. The number of pyridine rings is 1. The molecule has 0 amide bonds. The molecule has 0 saturated carbocycles. The third-order valence-corrected chi connectivity index (χ3v) is 3.43. The average Bonchev–Trinajstić information content (AvgIpc) is 2.79. The van der Waals surface area contributed by atoms with E-state index in [4.69, 9.17) is 0 Å². The molecular weight excluding hydrogens is 228 g/mol. The Kier molecular flexibility index (Phi) is 4.29. The first-order valence-electron chi connectivity index (χ1n) is 5.91. The molecule has 0 radical (unpaired) electrons. The Morgan fingerprint density at radius 1 is 1.35 bits per heavy atom. The Bertz CT molecular complexity index is 451. The van der Waals surface area contributed by atoms with E-state index in [2.05, 4.69) is 46.2 Å². The maximum atomic E-state index is 4.48. The fourth-order valence-corrected chi connectivity index (χ4v) is 2.49. The summed E-state index contributed by atoms with van der Waals surface area (Å²) in [7, 11) is 0. The van der Waals surface area contributed by atoms with E-state index in [1.54, 1.807) is 11.3 Å². The summed E-state index contributed by atoms with van der Waals surface area (Å²) in [6, 6.07) is 8.82. The molecule has 17 heavy (non-hydrogen) atoms. The Labute approximate surface area is 107 Å². The SMILES string of the molecule is Cc1cccc(CNC(C)Cc2ccsc2)n1. The fraction of sp³-hybridized carbons (Fsp3) is 0.357. The van der Waals surface area contributed by atoms with E-state index >= 15 is 0 Å². The molecule has 0 aliphatic carbocycles. The van der Waals surface area contributed by atoms with Gasteiger partial charge in [-0.1, -0.05) is 6.07 Å².